The summed E-state index contributed by atoms with van der Waals surface area (Å²) in [5.74, 6) is 3.10. The van der Waals surface area contributed by atoms with Crippen molar-refractivity contribution in [2.75, 3.05) is 27.9 Å². The zero-order chi connectivity index (χ0) is 19.6. The Labute approximate surface area is 162 Å². The SMILES string of the molecule is C=CC.COC1=C(OC)C[C@@]23CCNC(Cc4ccc(OC)c(O)c42)C3C1. The van der Waals surface area contributed by atoms with E-state index in [0.717, 1.165) is 49.3 Å². The van der Waals surface area contributed by atoms with Gasteiger partial charge < -0.3 is 24.6 Å². The molecule has 5 heteroatoms. The van der Waals surface area contributed by atoms with Crippen molar-refractivity contribution in [1.29, 1.82) is 0 Å². The van der Waals surface area contributed by atoms with Gasteiger partial charge in [0, 0.05) is 29.9 Å². The first-order valence-electron chi connectivity index (χ1n) is 9.56. The van der Waals surface area contributed by atoms with Crippen molar-refractivity contribution in [3.05, 3.63) is 47.4 Å². The van der Waals surface area contributed by atoms with E-state index in [1.807, 2.05) is 13.0 Å². The number of phenols is 1. The second kappa shape index (κ2) is 7.85. The van der Waals surface area contributed by atoms with Gasteiger partial charge in [-0.3, -0.25) is 0 Å². The number of hydrogen-bond donors (Lipinski definition) is 2. The van der Waals surface area contributed by atoms with E-state index < -0.39 is 0 Å². The zero-order valence-electron chi connectivity index (χ0n) is 16.8. The fourth-order valence-corrected chi connectivity index (χ4v) is 5.19. The summed E-state index contributed by atoms with van der Waals surface area (Å²) in [4.78, 5) is 0. The molecule has 3 aliphatic rings. The van der Waals surface area contributed by atoms with E-state index in [9.17, 15) is 5.11 Å². The number of fused-ring (bicyclic) bond motifs is 1. The number of benzene rings is 1. The van der Waals surface area contributed by atoms with Gasteiger partial charge in [0.2, 0.25) is 0 Å². The molecule has 0 amide bonds. The summed E-state index contributed by atoms with van der Waals surface area (Å²) in [6.45, 7) is 6.20. The number of ether oxygens (including phenoxy) is 3. The number of allylic oxidation sites excluding steroid dienone is 3. The zero-order valence-corrected chi connectivity index (χ0v) is 16.8. The first kappa shape index (κ1) is 19.6. The standard InChI is InChI=1S/C19H25NO4.C3H6/c1-22-14-5-4-11-8-13-12-9-15(23-2)16(24-3)10-19(12,6-7-20-13)17(11)18(14)21;1-3-2/h4-5,12-13,20-21H,6-10H2,1-3H3;3H,1H2,2H3/t12?,13?,19-;/m1./s1. The van der Waals surface area contributed by atoms with E-state index in [1.54, 1.807) is 27.4 Å². The topological polar surface area (TPSA) is 60.0 Å². The van der Waals surface area contributed by atoms with Crippen LogP contribution in [0.4, 0.5) is 0 Å². The Kier molecular flexibility index (Phi) is 5.70. The highest BCUT2D eigenvalue weighted by atomic mass is 16.5. The number of aromatic hydroxyl groups is 1. The highest BCUT2D eigenvalue weighted by molar-refractivity contribution is 5.57. The van der Waals surface area contributed by atoms with E-state index in [-0.39, 0.29) is 5.41 Å². The van der Waals surface area contributed by atoms with Crippen molar-refractivity contribution in [3.63, 3.8) is 0 Å². The predicted molar refractivity (Wildman–Crippen MR) is 106 cm³/mol. The number of nitrogens with one attached hydrogen (secondary N) is 1. The lowest BCUT2D eigenvalue weighted by Crippen LogP contribution is -2.59. The Morgan fingerprint density at radius 1 is 1.15 bits per heavy atom. The van der Waals surface area contributed by atoms with Crippen LogP contribution in [0.1, 0.15) is 37.3 Å². The molecule has 3 atom stereocenters. The number of hydrogen-bond acceptors (Lipinski definition) is 5. The highest BCUT2D eigenvalue weighted by Gasteiger charge is 2.55. The first-order chi connectivity index (χ1) is 13.1. The molecule has 1 saturated heterocycles. The molecule has 27 heavy (non-hydrogen) atoms. The predicted octanol–water partition coefficient (Wildman–Crippen LogP) is 3.66. The summed E-state index contributed by atoms with van der Waals surface area (Å²) < 4.78 is 16.7. The third-order valence-electron chi connectivity index (χ3n) is 6.24. The van der Waals surface area contributed by atoms with Gasteiger partial charge in [-0.1, -0.05) is 12.1 Å². The Morgan fingerprint density at radius 3 is 2.48 bits per heavy atom. The van der Waals surface area contributed by atoms with Gasteiger partial charge in [-0.2, -0.15) is 0 Å². The lowest BCUT2D eigenvalue weighted by atomic mass is 9.53. The van der Waals surface area contributed by atoms with Crippen LogP contribution >= 0.6 is 0 Å². The minimum absolute atomic E-state index is 0.116. The van der Waals surface area contributed by atoms with Crippen LogP contribution in [0.5, 0.6) is 11.5 Å². The Morgan fingerprint density at radius 2 is 1.85 bits per heavy atom. The maximum atomic E-state index is 10.9. The van der Waals surface area contributed by atoms with Crippen LogP contribution in [0, 0.1) is 5.92 Å². The van der Waals surface area contributed by atoms with E-state index in [2.05, 4.69) is 18.0 Å². The normalized spacial score (nSPS) is 28.1. The summed E-state index contributed by atoms with van der Waals surface area (Å²) in [7, 11) is 5.03. The highest BCUT2D eigenvalue weighted by Crippen LogP contribution is 2.58. The second-order valence-corrected chi connectivity index (χ2v) is 7.47. The van der Waals surface area contributed by atoms with Gasteiger partial charge in [0.15, 0.2) is 11.5 Å². The van der Waals surface area contributed by atoms with Crippen LogP contribution in [0.15, 0.2) is 36.3 Å². The third-order valence-corrected chi connectivity index (χ3v) is 6.24. The average Bonchev–Trinajstić information content (AvgIpc) is 2.67. The molecule has 1 aromatic carbocycles. The van der Waals surface area contributed by atoms with Crippen LogP contribution in [0.2, 0.25) is 0 Å². The molecule has 1 aromatic rings. The summed E-state index contributed by atoms with van der Waals surface area (Å²) in [6.07, 6.45) is 5.26. The summed E-state index contributed by atoms with van der Waals surface area (Å²) >= 11 is 0. The maximum absolute atomic E-state index is 10.9. The average molecular weight is 373 g/mol. The number of piperidine rings is 1. The van der Waals surface area contributed by atoms with E-state index >= 15 is 0 Å². The van der Waals surface area contributed by atoms with Gasteiger partial charge in [0.05, 0.1) is 21.3 Å². The van der Waals surface area contributed by atoms with Crippen molar-refractivity contribution < 1.29 is 19.3 Å². The molecule has 2 unspecified atom stereocenters. The molecule has 1 aliphatic heterocycles. The van der Waals surface area contributed by atoms with Crippen molar-refractivity contribution in [1.82, 2.24) is 5.32 Å². The molecular formula is C22H31NO4. The molecule has 0 saturated carbocycles. The number of phenolic OH excluding ortho intramolecular Hbond substituents is 1. The van der Waals surface area contributed by atoms with E-state index in [1.165, 1.54) is 5.56 Å². The molecule has 0 aromatic heterocycles. The van der Waals surface area contributed by atoms with Crippen molar-refractivity contribution >= 4 is 0 Å². The molecule has 5 nitrogen and oxygen atoms in total. The largest absolute Gasteiger partial charge is 0.504 e. The fraction of sp³-hybridized carbons (Fsp3) is 0.545. The summed E-state index contributed by atoms with van der Waals surface area (Å²) in [6, 6.07) is 4.38. The fourth-order valence-electron chi connectivity index (χ4n) is 5.19. The van der Waals surface area contributed by atoms with Crippen LogP contribution in [-0.2, 0) is 21.3 Å². The molecule has 148 valence electrons. The maximum Gasteiger partial charge on any atom is 0.161 e. The number of methoxy groups -OCH3 is 3. The summed E-state index contributed by atoms with van der Waals surface area (Å²) in [5.41, 5.74) is 2.17. The second-order valence-electron chi connectivity index (χ2n) is 7.47. The lowest BCUT2D eigenvalue weighted by molar-refractivity contribution is 0.0584. The molecule has 0 radical (unpaired) electrons. The van der Waals surface area contributed by atoms with Crippen molar-refractivity contribution in [2.45, 2.75) is 44.1 Å². The van der Waals surface area contributed by atoms with Gasteiger partial charge in [0.1, 0.15) is 11.5 Å². The quantitative estimate of drug-likeness (QED) is 0.792. The molecular weight excluding hydrogens is 342 g/mol. The van der Waals surface area contributed by atoms with Gasteiger partial charge in [-0.25, -0.2) is 0 Å². The van der Waals surface area contributed by atoms with Crippen molar-refractivity contribution in [3.8, 4) is 11.5 Å². The molecule has 1 fully saturated rings. The van der Waals surface area contributed by atoms with Crippen LogP contribution in [-0.4, -0.2) is 39.0 Å². The first-order valence-corrected chi connectivity index (χ1v) is 9.56. The van der Waals surface area contributed by atoms with E-state index in [4.69, 9.17) is 14.2 Å². The van der Waals surface area contributed by atoms with Crippen molar-refractivity contribution in [2.24, 2.45) is 5.92 Å². The smallest absolute Gasteiger partial charge is 0.161 e. The molecule has 0 spiro atoms. The third kappa shape index (κ3) is 3.08. The van der Waals surface area contributed by atoms with Crippen LogP contribution in [0.3, 0.4) is 0 Å². The Bertz CT molecular complexity index is 742. The Balaban J connectivity index is 0.000000659. The molecule has 4 rings (SSSR count). The monoisotopic (exact) mass is 373 g/mol. The minimum atomic E-state index is -0.116. The van der Waals surface area contributed by atoms with Gasteiger partial charge >= 0.3 is 0 Å². The molecule has 2 aliphatic carbocycles. The van der Waals surface area contributed by atoms with Crippen LogP contribution in [0.25, 0.3) is 0 Å². The van der Waals surface area contributed by atoms with Crippen LogP contribution < -0.4 is 10.1 Å². The Hall–Kier alpha value is -2.14. The summed E-state index contributed by atoms with van der Waals surface area (Å²) in [5, 5.41) is 14.6. The van der Waals surface area contributed by atoms with Gasteiger partial charge in [-0.05, 0) is 43.9 Å². The molecule has 2 bridgehead atoms. The number of rotatable bonds is 3. The van der Waals surface area contributed by atoms with E-state index in [0.29, 0.717) is 23.5 Å². The lowest BCUT2D eigenvalue weighted by Gasteiger charge is -2.55. The molecule has 1 heterocycles. The minimum Gasteiger partial charge on any atom is -0.504 e. The molecule has 2 N–H and O–H groups in total. The van der Waals surface area contributed by atoms with Gasteiger partial charge in [-0.15, -0.1) is 6.58 Å². The van der Waals surface area contributed by atoms with Gasteiger partial charge in [0.25, 0.3) is 0 Å².